The number of nitrogens with one attached hydrogen (secondary N) is 2. The number of fused-ring (bicyclic) bond motifs is 1. The quantitative estimate of drug-likeness (QED) is 0.318. The normalized spacial score (nSPS) is 20.6. The zero-order valence-corrected chi connectivity index (χ0v) is 20.8. The highest BCUT2D eigenvalue weighted by Crippen LogP contribution is 2.18. The topological polar surface area (TPSA) is 74.8 Å². The fraction of sp³-hybridized carbons (Fsp3) is 0.652. The Bertz CT molecular complexity index is 780. The number of nitrogens with zero attached hydrogens (tertiary/aromatic N) is 3. The van der Waals surface area contributed by atoms with E-state index in [2.05, 4.69) is 33.2 Å². The van der Waals surface area contributed by atoms with Gasteiger partial charge in [0, 0.05) is 39.2 Å². The van der Waals surface area contributed by atoms with Crippen molar-refractivity contribution >= 4 is 41.0 Å². The molecule has 0 spiro atoms. The van der Waals surface area contributed by atoms with E-state index in [1.807, 2.05) is 18.2 Å². The summed E-state index contributed by atoms with van der Waals surface area (Å²) >= 11 is 0. The van der Waals surface area contributed by atoms with Gasteiger partial charge in [0.05, 0.1) is 29.8 Å². The van der Waals surface area contributed by atoms with Gasteiger partial charge in [-0.25, -0.2) is 4.98 Å². The molecule has 1 unspecified atom stereocenters. The van der Waals surface area contributed by atoms with Gasteiger partial charge < -0.3 is 24.7 Å². The average molecular weight is 541 g/mol. The van der Waals surface area contributed by atoms with Gasteiger partial charge in [-0.05, 0) is 51.2 Å². The zero-order chi connectivity index (χ0) is 20.6. The first kappa shape index (κ1) is 24.3. The molecule has 2 N–H and O–H groups in total. The monoisotopic (exact) mass is 541 g/mol. The van der Waals surface area contributed by atoms with Crippen LogP contribution in [0.15, 0.2) is 29.3 Å². The summed E-state index contributed by atoms with van der Waals surface area (Å²) in [5.41, 5.74) is 2.10. The molecule has 2 aromatic rings. The van der Waals surface area contributed by atoms with Crippen LogP contribution in [0.3, 0.4) is 0 Å². The lowest BCUT2D eigenvalue weighted by Crippen LogP contribution is -2.47. The minimum absolute atomic E-state index is 0. The molecule has 7 nitrogen and oxygen atoms in total. The summed E-state index contributed by atoms with van der Waals surface area (Å²) in [6.07, 6.45) is 7.13. The number of piperidine rings is 1. The predicted octanol–water partition coefficient (Wildman–Crippen LogP) is 3.74. The molecule has 2 aliphatic heterocycles. The van der Waals surface area contributed by atoms with Crippen molar-refractivity contribution in [3.05, 3.63) is 30.1 Å². The maximum absolute atomic E-state index is 6.15. The number of rotatable bonds is 7. The number of aliphatic imine (C=N–C) groups is 1. The standard InChI is InChI=1S/C23H35N5O2.HI/c1-2-24-23(25-13-10-22-26-20-8-3-4-9-21(20)27-22)28-14-11-18(12-15-28)30-17-19-7-5-6-16-29-19;/h3-4,8-9,18-19H,2,5-7,10-17H2,1H3,(H,24,25)(H,26,27);1H. The van der Waals surface area contributed by atoms with Crippen LogP contribution < -0.4 is 5.32 Å². The Morgan fingerprint density at radius 2 is 2.10 bits per heavy atom. The molecule has 172 valence electrons. The van der Waals surface area contributed by atoms with Crippen molar-refractivity contribution in [2.24, 2.45) is 4.99 Å². The largest absolute Gasteiger partial charge is 0.376 e. The number of H-pyrrole nitrogens is 1. The molecule has 2 saturated heterocycles. The number of para-hydroxylation sites is 2. The van der Waals surface area contributed by atoms with Gasteiger partial charge in [-0.1, -0.05) is 12.1 Å². The summed E-state index contributed by atoms with van der Waals surface area (Å²) in [5, 5.41) is 3.45. The first-order valence-corrected chi connectivity index (χ1v) is 11.5. The third-order valence-electron chi connectivity index (χ3n) is 5.92. The van der Waals surface area contributed by atoms with Crippen molar-refractivity contribution in [2.75, 3.05) is 39.4 Å². The highest BCUT2D eigenvalue weighted by atomic mass is 127. The van der Waals surface area contributed by atoms with E-state index in [0.29, 0.717) is 12.2 Å². The summed E-state index contributed by atoms with van der Waals surface area (Å²) < 4.78 is 11.9. The second-order valence-corrected chi connectivity index (χ2v) is 8.19. The van der Waals surface area contributed by atoms with Crippen LogP contribution in [-0.4, -0.2) is 72.4 Å². The summed E-state index contributed by atoms with van der Waals surface area (Å²) in [6.45, 7) is 7.31. The van der Waals surface area contributed by atoms with Crippen LogP contribution in [0.25, 0.3) is 11.0 Å². The van der Waals surface area contributed by atoms with E-state index in [0.717, 1.165) is 87.9 Å². The lowest BCUT2D eigenvalue weighted by atomic mass is 10.1. The number of aromatic nitrogens is 2. The fourth-order valence-corrected chi connectivity index (χ4v) is 4.23. The van der Waals surface area contributed by atoms with Gasteiger partial charge >= 0.3 is 0 Å². The van der Waals surface area contributed by atoms with Crippen LogP contribution >= 0.6 is 24.0 Å². The van der Waals surface area contributed by atoms with Crippen molar-refractivity contribution in [1.82, 2.24) is 20.2 Å². The maximum atomic E-state index is 6.15. The van der Waals surface area contributed by atoms with Gasteiger partial charge in [-0.3, -0.25) is 4.99 Å². The molecule has 2 fully saturated rings. The van der Waals surface area contributed by atoms with Crippen molar-refractivity contribution in [3.63, 3.8) is 0 Å². The number of aromatic amines is 1. The first-order valence-electron chi connectivity index (χ1n) is 11.5. The molecule has 1 aromatic heterocycles. The number of halogens is 1. The Hall–Kier alpha value is -1.39. The fourth-order valence-electron chi connectivity index (χ4n) is 4.23. The first-order chi connectivity index (χ1) is 14.8. The molecule has 8 heteroatoms. The third kappa shape index (κ3) is 7.05. The minimum atomic E-state index is 0. The van der Waals surface area contributed by atoms with Crippen LogP contribution in [0, 0.1) is 0 Å². The molecule has 31 heavy (non-hydrogen) atoms. The highest BCUT2D eigenvalue weighted by molar-refractivity contribution is 14.0. The van der Waals surface area contributed by atoms with Gasteiger partial charge in [-0.2, -0.15) is 0 Å². The second kappa shape index (κ2) is 12.6. The summed E-state index contributed by atoms with van der Waals surface area (Å²) in [6, 6.07) is 8.15. The van der Waals surface area contributed by atoms with Crippen LogP contribution in [0.1, 0.15) is 44.9 Å². The van der Waals surface area contributed by atoms with Crippen LogP contribution in [-0.2, 0) is 15.9 Å². The molecule has 1 aromatic carbocycles. The van der Waals surface area contributed by atoms with E-state index < -0.39 is 0 Å². The van der Waals surface area contributed by atoms with Gasteiger partial charge in [0.1, 0.15) is 5.82 Å². The van der Waals surface area contributed by atoms with Gasteiger partial charge in [0.15, 0.2) is 5.96 Å². The average Bonchev–Trinajstić information content (AvgIpc) is 3.21. The molecule has 0 amide bonds. The molecule has 0 radical (unpaired) electrons. The van der Waals surface area contributed by atoms with Crippen molar-refractivity contribution in [1.29, 1.82) is 0 Å². The Labute approximate surface area is 202 Å². The van der Waals surface area contributed by atoms with Crippen molar-refractivity contribution in [2.45, 2.75) is 57.7 Å². The van der Waals surface area contributed by atoms with Gasteiger partial charge in [0.25, 0.3) is 0 Å². The molecule has 4 rings (SSSR count). The zero-order valence-electron chi connectivity index (χ0n) is 18.5. The van der Waals surface area contributed by atoms with Crippen molar-refractivity contribution < 1.29 is 9.47 Å². The van der Waals surface area contributed by atoms with E-state index in [4.69, 9.17) is 14.5 Å². The molecule has 3 heterocycles. The van der Waals surface area contributed by atoms with E-state index in [1.54, 1.807) is 0 Å². The van der Waals surface area contributed by atoms with Crippen molar-refractivity contribution in [3.8, 4) is 0 Å². The van der Waals surface area contributed by atoms with Gasteiger partial charge in [0.2, 0.25) is 0 Å². The molecular weight excluding hydrogens is 505 g/mol. The molecule has 0 saturated carbocycles. The molecule has 0 aliphatic carbocycles. The van der Waals surface area contributed by atoms with E-state index in [1.165, 1.54) is 12.8 Å². The third-order valence-corrected chi connectivity index (χ3v) is 5.92. The SMILES string of the molecule is CCNC(=NCCc1nc2ccccc2[nH]1)N1CCC(OCC2CCCCO2)CC1.I. The number of likely N-dealkylation sites (tertiary alicyclic amines) is 1. The lowest BCUT2D eigenvalue weighted by molar-refractivity contribution is -0.0721. The number of ether oxygens (including phenoxy) is 2. The summed E-state index contributed by atoms with van der Waals surface area (Å²) in [5.74, 6) is 2.00. The molecule has 2 aliphatic rings. The number of guanidine groups is 1. The van der Waals surface area contributed by atoms with Crippen LogP contribution in [0.4, 0.5) is 0 Å². The smallest absolute Gasteiger partial charge is 0.193 e. The molecular formula is C23H36IN5O2. The Morgan fingerprint density at radius 3 is 2.84 bits per heavy atom. The predicted molar refractivity (Wildman–Crippen MR) is 135 cm³/mol. The lowest BCUT2D eigenvalue weighted by Gasteiger charge is -2.35. The number of imidazole rings is 1. The Morgan fingerprint density at radius 1 is 1.26 bits per heavy atom. The molecule has 0 bridgehead atoms. The van der Waals surface area contributed by atoms with Crippen LogP contribution in [0.2, 0.25) is 0 Å². The van der Waals surface area contributed by atoms with E-state index >= 15 is 0 Å². The van der Waals surface area contributed by atoms with E-state index in [-0.39, 0.29) is 24.0 Å². The van der Waals surface area contributed by atoms with Crippen LogP contribution in [0.5, 0.6) is 0 Å². The molecule has 1 atom stereocenters. The van der Waals surface area contributed by atoms with Gasteiger partial charge in [-0.15, -0.1) is 24.0 Å². The Kier molecular flexibility index (Phi) is 9.86. The highest BCUT2D eigenvalue weighted by Gasteiger charge is 2.23. The number of benzene rings is 1. The Balaban J connectivity index is 0.00000272. The summed E-state index contributed by atoms with van der Waals surface area (Å²) in [7, 11) is 0. The number of hydrogen-bond acceptors (Lipinski definition) is 4. The number of hydrogen-bond donors (Lipinski definition) is 2. The second-order valence-electron chi connectivity index (χ2n) is 8.19. The van der Waals surface area contributed by atoms with E-state index in [9.17, 15) is 0 Å². The summed E-state index contributed by atoms with van der Waals surface area (Å²) in [4.78, 5) is 15.3. The maximum Gasteiger partial charge on any atom is 0.193 e. The minimum Gasteiger partial charge on any atom is -0.376 e.